The molecule has 0 radical (unpaired) electrons. The van der Waals surface area contributed by atoms with Crippen molar-refractivity contribution in [2.45, 2.75) is 6.92 Å². The Bertz CT molecular complexity index is 508. The van der Waals surface area contributed by atoms with Gasteiger partial charge in [0.2, 0.25) is 0 Å². The molecule has 0 atom stereocenters. The number of benzene rings is 1. The van der Waals surface area contributed by atoms with Crippen molar-refractivity contribution in [3.05, 3.63) is 41.6 Å². The smallest absolute Gasteiger partial charge is 0.0486 e. The first-order chi connectivity index (χ1) is 7.25. The van der Waals surface area contributed by atoms with Gasteiger partial charge in [-0.25, -0.2) is 0 Å². The molecular formula is C13H14ClN. The highest BCUT2D eigenvalue weighted by molar-refractivity contribution is 6.19. The molecule has 15 heavy (non-hydrogen) atoms. The van der Waals surface area contributed by atoms with Gasteiger partial charge in [-0.2, -0.15) is 0 Å². The van der Waals surface area contributed by atoms with Gasteiger partial charge in [0.25, 0.3) is 0 Å². The van der Waals surface area contributed by atoms with Crippen molar-refractivity contribution in [3.8, 4) is 0 Å². The van der Waals surface area contributed by atoms with Gasteiger partial charge in [0, 0.05) is 35.1 Å². The quantitative estimate of drug-likeness (QED) is 0.679. The van der Waals surface area contributed by atoms with E-state index in [1.165, 1.54) is 22.2 Å². The van der Waals surface area contributed by atoms with E-state index in [4.69, 9.17) is 11.6 Å². The molecule has 78 valence electrons. The van der Waals surface area contributed by atoms with Gasteiger partial charge in [0.1, 0.15) is 0 Å². The van der Waals surface area contributed by atoms with Crippen LogP contribution in [0.15, 0.2) is 30.3 Å². The Kier molecular flexibility index (Phi) is 2.83. The lowest BCUT2D eigenvalue weighted by atomic mass is 10.1. The predicted octanol–water partition coefficient (Wildman–Crippen LogP) is 3.74. The normalized spacial score (nSPS) is 11.7. The molecule has 0 amide bonds. The molecule has 0 aliphatic carbocycles. The summed E-state index contributed by atoms with van der Waals surface area (Å²) in [5, 5.41) is 1.29. The molecule has 0 aliphatic rings. The second-order valence-corrected chi connectivity index (χ2v) is 3.94. The molecule has 0 saturated heterocycles. The molecule has 2 aromatic rings. The summed E-state index contributed by atoms with van der Waals surface area (Å²) >= 11 is 5.67. The number of aryl methyl sites for hydroxylation is 1. The van der Waals surface area contributed by atoms with Crippen LogP contribution in [0.5, 0.6) is 0 Å². The Labute approximate surface area is 95.0 Å². The van der Waals surface area contributed by atoms with Crippen LogP contribution < -0.4 is 0 Å². The molecule has 1 aromatic carbocycles. The first-order valence-corrected chi connectivity index (χ1v) is 5.55. The maximum atomic E-state index is 5.67. The minimum atomic E-state index is 0.558. The molecule has 2 rings (SSSR count). The summed E-state index contributed by atoms with van der Waals surface area (Å²) < 4.78 is 2.21. The van der Waals surface area contributed by atoms with Gasteiger partial charge < -0.3 is 4.57 Å². The van der Waals surface area contributed by atoms with Crippen LogP contribution in [-0.4, -0.2) is 10.4 Å². The molecule has 0 bridgehead atoms. The second-order valence-electron chi connectivity index (χ2n) is 3.63. The number of hydrogen-bond acceptors (Lipinski definition) is 0. The number of halogens is 1. The molecule has 0 N–H and O–H groups in total. The summed E-state index contributed by atoms with van der Waals surface area (Å²) in [7, 11) is 2.09. The third kappa shape index (κ3) is 1.68. The van der Waals surface area contributed by atoms with E-state index < -0.39 is 0 Å². The van der Waals surface area contributed by atoms with Crippen molar-refractivity contribution in [2.75, 3.05) is 5.88 Å². The van der Waals surface area contributed by atoms with Gasteiger partial charge in [-0.3, -0.25) is 0 Å². The number of fused-ring (bicyclic) bond motifs is 1. The number of alkyl halides is 1. The molecule has 2 heteroatoms. The second kappa shape index (κ2) is 4.11. The molecule has 1 aromatic heterocycles. The average Bonchev–Trinajstić information content (AvgIpc) is 2.51. The highest BCUT2D eigenvalue weighted by atomic mass is 35.5. The number of hydrogen-bond donors (Lipinski definition) is 0. The van der Waals surface area contributed by atoms with E-state index in [2.05, 4.69) is 48.9 Å². The molecule has 0 spiro atoms. The Morgan fingerprint density at radius 2 is 2.07 bits per heavy atom. The lowest BCUT2D eigenvalue weighted by molar-refractivity contribution is 0.916. The Hall–Kier alpha value is -1.21. The number of aromatic nitrogens is 1. The van der Waals surface area contributed by atoms with Crippen LogP contribution >= 0.6 is 11.6 Å². The summed E-state index contributed by atoms with van der Waals surface area (Å²) in [6.07, 6.45) is 4.08. The highest BCUT2D eigenvalue weighted by Crippen LogP contribution is 2.25. The topological polar surface area (TPSA) is 4.93 Å². The Morgan fingerprint density at radius 3 is 2.80 bits per heavy atom. The van der Waals surface area contributed by atoms with Crippen LogP contribution in [0.2, 0.25) is 0 Å². The monoisotopic (exact) mass is 219 g/mol. The van der Waals surface area contributed by atoms with Gasteiger partial charge in [-0.1, -0.05) is 30.4 Å². The fourth-order valence-electron chi connectivity index (χ4n) is 1.92. The summed E-state index contributed by atoms with van der Waals surface area (Å²) in [5.74, 6) is 0.558. The highest BCUT2D eigenvalue weighted by Gasteiger charge is 2.07. The van der Waals surface area contributed by atoms with Crippen molar-refractivity contribution >= 4 is 28.6 Å². The van der Waals surface area contributed by atoms with Crippen LogP contribution in [0.3, 0.4) is 0 Å². The van der Waals surface area contributed by atoms with Gasteiger partial charge in [0.15, 0.2) is 0 Å². The Morgan fingerprint density at radius 1 is 1.33 bits per heavy atom. The van der Waals surface area contributed by atoms with E-state index in [0.717, 1.165) is 0 Å². The first-order valence-electron chi connectivity index (χ1n) is 5.02. The molecule has 0 saturated carbocycles. The van der Waals surface area contributed by atoms with Crippen molar-refractivity contribution in [3.63, 3.8) is 0 Å². The molecule has 1 nitrogen and oxygen atoms in total. The third-order valence-corrected chi connectivity index (χ3v) is 3.00. The standard InChI is InChI=1S/C13H14ClN/c1-10-11(7-5-9-14)12-6-3-4-8-13(12)15(10)2/h3-8H,9H2,1-2H3. The van der Waals surface area contributed by atoms with E-state index in [9.17, 15) is 0 Å². The Balaban J connectivity index is 2.72. The fraction of sp³-hybridized carbons (Fsp3) is 0.231. The number of para-hydroxylation sites is 1. The van der Waals surface area contributed by atoms with Crippen LogP contribution in [-0.2, 0) is 7.05 Å². The molecule has 0 fully saturated rings. The van der Waals surface area contributed by atoms with E-state index in [-0.39, 0.29) is 0 Å². The van der Waals surface area contributed by atoms with E-state index in [1.54, 1.807) is 0 Å². The summed E-state index contributed by atoms with van der Waals surface area (Å²) in [6.45, 7) is 2.13. The van der Waals surface area contributed by atoms with Gasteiger partial charge in [0.05, 0.1) is 0 Å². The zero-order valence-corrected chi connectivity index (χ0v) is 9.75. The largest absolute Gasteiger partial charge is 0.347 e. The van der Waals surface area contributed by atoms with E-state index in [0.29, 0.717) is 5.88 Å². The molecular weight excluding hydrogens is 206 g/mol. The number of rotatable bonds is 2. The maximum Gasteiger partial charge on any atom is 0.0486 e. The lowest BCUT2D eigenvalue weighted by Crippen LogP contribution is -1.89. The van der Waals surface area contributed by atoms with Crippen LogP contribution in [0, 0.1) is 6.92 Å². The average molecular weight is 220 g/mol. The summed E-state index contributed by atoms with van der Waals surface area (Å²) in [6, 6.07) is 8.42. The molecule has 0 aliphatic heterocycles. The fourth-order valence-corrected chi connectivity index (χ4v) is 2.01. The first kappa shape index (κ1) is 10.3. The van der Waals surface area contributed by atoms with Crippen molar-refractivity contribution < 1.29 is 0 Å². The van der Waals surface area contributed by atoms with Gasteiger partial charge in [-0.15, -0.1) is 11.6 Å². The number of allylic oxidation sites excluding steroid dienone is 1. The van der Waals surface area contributed by atoms with Crippen LogP contribution in [0.1, 0.15) is 11.3 Å². The maximum absolute atomic E-state index is 5.67. The molecule has 1 heterocycles. The van der Waals surface area contributed by atoms with Crippen LogP contribution in [0.25, 0.3) is 17.0 Å². The summed E-state index contributed by atoms with van der Waals surface area (Å²) in [5.41, 5.74) is 3.82. The minimum Gasteiger partial charge on any atom is -0.347 e. The van der Waals surface area contributed by atoms with Crippen molar-refractivity contribution in [1.82, 2.24) is 4.57 Å². The van der Waals surface area contributed by atoms with Gasteiger partial charge in [-0.05, 0) is 13.0 Å². The van der Waals surface area contributed by atoms with E-state index in [1.807, 2.05) is 6.08 Å². The molecule has 0 unspecified atom stereocenters. The lowest BCUT2D eigenvalue weighted by Gasteiger charge is -1.97. The third-order valence-electron chi connectivity index (χ3n) is 2.82. The number of nitrogens with zero attached hydrogens (tertiary/aromatic N) is 1. The zero-order chi connectivity index (χ0) is 10.8. The van der Waals surface area contributed by atoms with Crippen molar-refractivity contribution in [1.29, 1.82) is 0 Å². The van der Waals surface area contributed by atoms with E-state index >= 15 is 0 Å². The summed E-state index contributed by atoms with van der Waals surface area (Å²) in [4.78, 5) is 0. The SMILES string of the molecule is Cc1c(C=CCCl)c2ccccc2n1C. The predicted molar refractivity (Wildman–Crippen MR) is 67.4 cm³/mol. The van der Waals surface area contributed by atoms with Crippen molar-refractivity contribution in [2.24, 2.45) is 7.05 Å². The minimum absolute atomic E-state index is 0.558. The van der Waals surface area contributed by atoms with Gasteiger partial charge >= 0.3 is 0 Å². The van der Waals surface area contributed by atoms with Crippen LogP contribution in [0.4, 0.5) is 0 Å². The zero-order valence-electron chi connectivity index (χ0n) is 9.00.